The van der Waals surface area contributed by atoms with E-state index in [0.717, 1.165) is 12.0 Å². The van der Waals surface area contributed by atoms with Crippen LogP contribution in [0.2, 0.25) is 0 Å². The van der Waals surface area contributed by atoms with Crippen molar-refractivity contribution in [2.24, 2.45) is 5.92 Å². The van der Waals surface area contributed by atoms with E-state index in [-0.39, 0.29) is 0 Å². The standard InChI is InChI=1S/C12H22N2/c1-2-6-13(5-1)10-12-9-11-3-7-14(12)8-4-11/h11-12H,1-10H2. The van der Waals surface area contributed by atoms with E-state index in [2.05, 4.69) is 9.80 Å². The number of rotatable bonds is 2. The third kappa shape index (κ3) is 1.70. The summed E-state index contributed by atoms with van der Waals surface area (Å²) in [5.74, 6) is 1.08. The molecule has 0 aromatic rings. The lowest BCUT2D eigenvalue weighted by Gasteiger charge is -2.46. The molecule has 4 aliphatic rings. The lowest BCUT2D eigenvalue weighted by molar-refractivity contribution is 0.0323. The fraction of sp³-hybridized carbons (Fsp3) is 1.00. The van der Waals surface area contributed by atoms with Crippen molar-refractivity contribution in [3.05, 3.63) is 0 Å². The quantitative estimate of drug-likeness (QED) is 0.658. The molecule has 1 atom stereocenters. The van der Waals surface area contributed by atoms with Crippen LogP contribution in [0.15, 0.2) is 0 Å². The largest absolute Gasteiger partial charge is 0.302 e. The van der Waals surface area contributed by atoms with Crippen LogP contribution in [-0.2, 0) is 0 Å². The molecule has 0 N–H and O–H groups in total. The minimum absolute atomic E-state index is 0.917. The van der Waals surface area contributed by atoms with Crippen molar-refractivity contribution in [1.29, 1.82) is 0 Å². The highest BCUT2D eigenvalue weighted by Gasteiger charge is 2.34. The molecule has 0 saturated carbocycles. The van der Waals surface area contributed by atoms with E-state index in [0.29, 0.717) is 0 Å². The molecule has 4 heterocycles. The average molecular weight is 194 g/mol. The Bertz CT molecular complexity index is 190. The average Bonchev–Trinajstić information content (AvgIpc) is 2.72. The highest BCUT2D eigenvalue weighted by Crippen LogP contribution is 2.32. The second kappa shape index (κ2) is 3.82. The molecule has 80 valence electrons. The molecule has 1 unspecified atom stereocenters. The second-order valence-electron chi connectivity index (χ2n) is 5.38. The van der Waals surface area contributed by atoms with Gasteiger partial charge in [-0.1, -0.05) is 0 Å². The fourth-order valence-corrected chi connectivity index (χ4v) is 3.54. The van der Waals surface area contributed by atoms with Gasteiger partial charge in [-0.05, 0) is 64.2 Å². The van der Waals surface area contributed by atoms with Crippen molar-refractivity contribution in [2.45, 2.75) is 38.1 Å². The Morgan fingerprint density at radius 1 is 0.929 bits per heavy atom. The predicted molar refractivity (Wildman–Crippen MR) is 58.4 cm³/mol. The van der Waals surface area contributed by atoms with E-state index < -0.39 is 0 Å². The third-order valence-electron chi connectivity index (χ3n) is 4.44. The second-order valence-corrected chi connectivity index (χ2v) is 5.38. The zero-order valence-electron chi connectivity index (χ0n) is 9.12. The summed E-state index contributed by atoms with van der Waals surface area (Å²) in [4.78, 5) is 5.43. The highest BCUT2D eigenvalue weighted by atomic mass is 15.2. The summed E-state index contributed by atoms with van der Waals surface area (Å²) in [5.41, 5.74) is 0. The van der Waals surface area contributed by atoms with Gasteiger partial charge in [0.15, 0.2) is 0 Å². The van der Waals surface area contributed by atoms with Crippen molar-refractivity contribution in [1.82, 2.24) is 9.80 Å². The van der Waals surface area contributed by atoms with Crippen molar-refractivity contribution in [3.63, 3.8) is 0 Å². The molecule has 2 nitrogen and oxygen atoms in total. The van der Waals surface area contributed by atoms with Gasteiger partial charge < -0.3 is 4.90 Å². The Morgan fingerprint density at radius 3 is 2.21 bits per heavy atom. The van der Waals surface area contributed by atoms with Gasteiger partial charge in [-0.3, -0.25) is 4.90 Å². The van der Waals surface area contributed by atoms with E-state index in [9.17, 15) is 0 Å². The smallest absolute Gasteiger partial charge is 0.0225 e. The van der Waals surface area contributed by atoms with E-state index in [4.69, 9.17) is 0 Å². The zero-order valence-corrected chi connectivity index (χ0v) is 9.12. The van der Waals surface area contributed by atoms with Crippen LogP contribution in [0.25, 0.3) is 0 Å². The maximum absolute atomic E-state index is 2.75. The van der Waals surface area contributed by atoms with Crippen LogP contribution < -0.4 is 0 Å². The van der Waals surface area contributed by atoms with E-state index >= 15 is 0 Å². The Hall–Kier alpha value is -0.0800. The number of hydrogen-bond acceptors (Lipinski definition) is 2. The third-order valence-corrected chi connectivity index (χ3v) is 4.44. The molecule has 4 aliphatic heterocycles. The van der Waals surface area contributed by atoms with E-state index in [1.165, 1.54) is 64.8 Å². The first-order chi connectivity index (χ1) is 6.92. The van der Waals surface area contributed by atoms with Crippen LogP contribution in [0.4, 0.5) is 0 Å². The summed E-state index contributed by atoms with van der Waals surface area (Å²) >= 11 is 0. The van der Waals surface area contributed by atoms with E-state index in [1.54, 1.807) is 0 Å². The Morgan fingerprint density at radius 2 is 1.64 bits per heavy atom. The molecule has 4 saturated heterocycles. The molecule has 2 bridgehead atoms. The summed E-state index contributed by atoms with van der Waals surface area (Å²) in [5, 5.41) is 0. The summed E-state index contributed by atoms with van der Waals surface area (Å²) in [6.45, 7) is 6.90. The van der Waals surface area contributed by atoms with Crippen LogP contribution in [0.3, 0.4) is 0 Å². The minimum atomic E-state index is 0.917. The van der Waals surface area contributed by atoms with Gasteiger partial charge in [-0.15, -0.1) is 0 Å². The van der Waals surface area contributed by atoms with Crippen molar-refractivity contribution in [3.8, 4) is 0 Å². The molecular weight excluding hydrogens is 172 g/mol. The van der Waals surface area contributed by atoms with Gasteiger partial charge in [0.05, 0.1) is 0 Å². The van der Waals surface area contributed by atoms with E-state index in [1.807, 2.05) is 0 Å². The molecular formula is C12H22N2. The Labute approximate surface area is 87.3 Å². The number of hydrogen-bond donors (Lipinski definition) is 0. The Balaban J connectivity index is 1.57. The summed E-state index contributed by atoms with van der Waals surface area (Å²) in [6.07, 6.45) is 7.34. The zero-order chi connectivity index (χ0) is 9.38. The summed E-state index contributed by atoms with van der Waals surface area (Å²) < 4.78 is 0. The van der Waals surface area contributed by atoms with Gasteiger partial charge in [0, 0.05) is 12.6 Å². The van der Waals surface area contributed by atoms with Gasteiger partial charge in [-0.2, -0.15) is 0 Å². The number of piperidine rings is 3. The number of nitrogens with zero attached hydrogens (tertiary/aromatic N) is 2. The molecule has 2 heteroatoms. The highest BCUT2D eigenvalue weighted by molar-refractivity contribution is 4.89. The fourth-order valence-electron chi connectivity index (χ4n) is 3.54. The maximum Gasteiger partial charge on any atom is 0.0225 e. The van der Waals surface area contributed by atoms with Gasteiger partial charge in [-0.25, -0.2) is 0 Å². The van der Waals surface area contributed by atoms with Crippen LogP contribution in [0, 0.1) is 5.92 Å². The Kier molecular flexibility index (Phi) is 2.50. The topological polar surface area (TPSA) is 6.48 Å². The van der Waals surface area contributed by atoms with Crippen LogP contribution >= 0.6 is 0 Å². The first-order valence-electron chi connectivity index (χ1n) is 6.38. The summed E-state index contributed by atoms with van der Waals surface area (Å²) in [7, 11) is 0. The van der Waals surface area contributed by atoms with Crippen molar-refractivity contribution >= 4 is 0 Å². The lowest BCUT2D eigenvalue weighted by atomic mass is 9.83. The van der Waals surface area contributed by atoms with Crippen LogP contribution in [0.1, 0.15) is 32.1 Å². The van der Waals surface area contributed by atoms with Crippen molar-refractivity contribution in [2.75, 3.05) is 32.7 Å². The molecule has 4 fully saturated rings. The SMILES string of the molecule is C1CCN(CC2CC3CCN2CC3)C1. The predicted octanol–water partition coefficient (Wildman–Crippen LogP) is 1.57. The normalized spacial score (nSPS) is 43.3. The molecule has 0 aromatic carbocycles. The van der Waals surface area contributed by atoms with Gasteiger partial charge in [0.25, 0.3) is 0 Å². The molecule has 0 aliphatic carbocycles. The van der Waals surface area contributed by atoms with Gasteiger partial charge in [0.2, 0.25) is 0 Å². The summed E-state index contributed by atoms with van der Waals surface area (Å²) in [6, 6.07) is 0.917. The lowest BCUT2D eigenvalue weighted by Crippen LogP contribution is -2.52. The monoisotopic (exact) mass is 194 g/mol. The van der Waals surface area contributed by atoms with Crippen LogP contribution in [-0.4, -0.2) is 48.6 Å². The minimum Gasteiger partial charge on any atom is -0.302 e. The molecule has 0 radical (unpaired) electrons. The van der Waals surface area contributed by atoms with Crippen molar-refractivity contribution < 1.29 is 0 Å². The van der Waals surface area contributed by atoms with Gasteiger partial charge >= 0.3 is 0 Å². The molecule has 14 heavy (non-hydrogen) atoms. The van der Waals surface area contributed by atoms with Gasteiger partial charge in [0.1, 0.15) is 0 Å². The first-order valence-corrected chi connectivity index (χ1v) is 6.38. The number of likely N-dealkylation sites (tertiary alicyclic amines) is 1. The molecule has 4 rings (SSSR count). The van der Waals surface area contributed by atoms with Crippen LogP contribution in [0.5, 0.6) is 0 Å². The molecule has 0 spiro atoms. The first kappa shape index (κ1) is 9.17. The molecule has 0 amide bonds. The maximum atomic E-state index is 2.75. The molecule has 0 aromatic heterocycles. The number of fused-ring (bicyclic) bond motifs is 3.